The van der Waals surface area contributed by atoms with Crippen LogP contribution in [0.3, 0.4) is 0 Å². The molecule has 2 heterocycles. The predicted molar refractivity (Wildman–Crippen MR) is 107 cm³/mol. The topological polar surface area (TPSA) is 41.2 Å². The summed E-state index contributed by atoms with van der Waals surface area (Å²) in [4.78, 5) is 18.8. The van der Waals surface area contributed by atoms with Crippen molar-refractivity contribution < 1.29 is 14.6 Å². The van der Waals surface area contributed by atoms with Crippen molar-refractivity contribution in [3.05, 3.63) is 52.2 Å². The number of anilines is 1. The molecule has 0 unspecified atom stereocenters. The first-order valence-corrected chi connectivity index (χ1v) is 10.2. The maximum Gasteiger partial charge on any atom is 0.275 e. The molecule has 0 radical (unpaired) electrons. The molecule has 26 heavy (non-hydrogen) atoms. The van der Waals surface area contributed by atoms with E-state index < -0.39 is 0 Å². The number of carbonyl (C=O) groups excluding carboxylic acids is 1. The number of rotatable bonds is 7. The fraction of sp³-hybridized carbons (Fsp3) is 0.450. The monoisotopic (exact) mass is 374 g/mol. The molecule has 1 amide bonds. The second-order valence-corrected chi connectivity index (χ2v) is 8.30. The summed E-state index contributed by atoms with van der Waals surface area (Å²) in [7, 11) is 4.06. The van der Waals surface area contributed by atoms with E-state index in [1.165, 1.54) is 15.5 Å². The van der Waals surface area contributed by atoms with Crippen LogP contribution in [0.2, 0.25) is 0 Å². The summed E-state index contributed by atoms with van der Waals surface area (Å²) < 4.78 is 0. The molecule has 0 spiro atoms. The number of amides is 1. The number of quaternary nitrogens is 2. The Labute approximate surface area is 160 Å². The van der Waals surface area contributed by atoms with Crippen molar-refractivity contribution in [2.24, 2.45) is 0 Å². The van der Waals surface area contributed by atoms with Crippen molar-refractivity contribution in [2.45, 2.75) is 13.1 Å². The van der Waals surface area contributed by atoms with Crippen molar-refractivity contribution in [3.63, 3.8) is 0 Å². The minimum Gasteiger partial charge on any atom is -0.378 e. The minimum atomic E-state index is 0.151. The van der Waals surface area contributed by atoms with Crippen LogP contribution in [0.25, 0.3) is 0 Å². The summed E-state index contributed by atoms with van der Waals surface area (Å²) in [6.07, 6.45) is 0. The Bertz CT molecular complexity index is 676. The Balaban J connectivity index is 1.36. The van der Waals surface area contributed by atoms with Crippen LogP contribution in [0.15, 0.2) is 41.8 Å². The van der Waals surface area contributed by atoms with E-state index in [0.29, 0.717) is 13.1 Å². The molecule has 3 N–H and O–H groups in total. The molecule has 1 aromatic heterocycles. The second kappa shape index (κ2) is 9.16. The Hall–Kier alpha value is -1.89. The summed E-state index contributed by atoms with van der Waals surface area (Å²) in [6, 6.07) is 12.7. The zero-order chi connectivity index (χ0) is 18.4. The largest absolute Gasteiger partial charge is 0.378 e. The van der Waals surface area contributed by atoms with Gasteiger partial charge in [0.25, 0.3) is 5.91 Å². The van der Waals surface area contributed by atoms with Gasteiger partial charge in [0.1, 0.15) is 32.7 Å². The summed E-state index contributed by atoms with van der Waals surface area (Å²) >= 11 is 1.84. The van der Waals surface area contributed by atoms with Gasteiger partial charge < -0.3 is 20.0 Å². The summed E-state index contributed by atoms with van der Waals surface area (Å²) in [6.45, 7) is 6.76. The first kappa shape index (κ1) is 18.9. The lowest BCUT2D eigenvalue weighted by Gasteiger charge is -2.29. The molecule has 5 nitrogen and oxygen atoms in total. The van der Waals surface area contributed by atoms with E-state index in [4.69, 9.17) is 0 Å². The molecule has 1 aliphatic rings. The molecule has 6 heteroatoms. The van der Waals surface area contributed by atoms with Gasteiger partial charge in [-0.3, -0.25) is 4.79 Å². The van der Waals surface area contributed by atoms with Crippen molar-refractivity contribution in [1.82, 2.24) is 5.32 Å². The van der Waals surface area contributed by atoms with Gasteiger partial charge in [0, 0.05) is 26.3 Å². The molecule has 0 saturated carbocycles. The van der Waals surface area contributed by atoms with Crippen LogP contribution >= 0.6 is 11.3 Å². The van der Waals surface area contributed by atoms with Crippen LogP contribution in [0.4, 0.5) is 5.69 Å². The van der Waals surface area contributed by atoms with Crippen molar-refractivity contribution in [2.75, 3.05) is 51.7 Å². The average Bonchev–Trinajstić information content (AvgIpc) is 3.15. The molecule has 1 fully saturated rings. The van der Waals surface area contributed by atoms with Crippen LogP contribution in [-0.2, 0) is 17.9 Å². The summed E-state index contributed by atoms with van der Waals surface area (Å²) in [5.41, 5.74) is 2.32. The number of hydrogen-bond donors (Lipinski definition) is 3. The van der Waals surface area contributed by atoms with Gasteiger partial charge in [0.05, 0.1) is 4.88 Å². The molecule has 0 bridgehead atoms. The van der Waals surface area contributed by atoms with E-state index in [2.05, 4.69) is 52.0 Å². The van der Waals surface area contributed by atoms with Gasteiger partial charge in [-0.2, -0.15) is 0 Å². The normalized spacial score (nSPS) is 19.9. The fourth-order valence-electron chi connectivity index (χ4n) is 3.37. The Morgan fingerprint density at radius 1 is 1.08 bits per heavy atom. The summed E-state index contributed by atoms with van der Waals surface area (Å²) in [5, 5.41) is 5.21. The molecule has 3 rings (SSSR count). The van der Waals surface area contributed by atoms with Gasteiger partial charge in [-0.1, -0.05) is 18.2 Å². The quantitative estimate of drug-likeness (QED) is 0.607. The highest BCUT2D eigenvalue weighted by atomic mass is 32.1. The number of carbonyl (C=O) groups is 1. The zero-order valence-electron chi connectivity index (χ0n) is 15.8. The van der Waals surface area contributed by atoms with E-state index in [1.54, 1.807) is 4.90 Å². The Morgan fingerprint density at radius 2 is 1.77 bits per heavy atom. The molecule has 1 saturated heterocycles. The molecular formula is C20H30N4OS+2. The lowest BCUT2D eigenvalue weighted by molar-refractivity contribution is -1.01. The van der Waals surface area contributed by atoms with Gasteiger partial charge in [-0.25, -0.2) is 0 Å². The highest BCUT2D eigenvalue weighted by Crippen LogP contribution is 2.11. The number of piperazine rings is 1. The van der Waals surface area contributed by atoms with Crippen molar-refractivity contribution in [3.8, 4) is 0 Å². The maximum absolute atomic E-state index is 12.3. The maximum atomic E-state index is 12.3. The van der Waals surface area contributed by atoms with E-state index >= 15 is 0 Å². The predicted octanol–water partition coefficient (Wildman–Crippen LogP) is -0.586. The molecule has 0 atom stereocenters. The van der Waals surface area contributed by atoms with E-state index in [-0.39, 0.29) is 5.91 Å². The number of benzene rings is 1. The fourth-order valence-corrected chi connectivity index (χ4v) is 4.15. The highest BCUT2D eigenvalue weighted by molar-refractivity contribution is 7.09. The number of nitrogens with one attached hydrogen (secondary N) is 3. The van der Waals surface area contributed by atoms with Crippen LogP contribution in [0.1, 0.15) is 10.4 Å². The van der Waals surface area contributed by atoms with Crippen molar-refractivity contribution >= 4 is 22.9 Å². The third kappa shape index (κ3) is 5.56. The first-order valence-electron chi connectivity index (χ1n) is 9.32. The number of thiophene rings is 1. The Kier molecular flexibility index (Phi) is 6.66. The minimum absolute atomic E-state index is 0.151. The van der Waals surface area contributed by atoms with Crippen LogP contribution in [0.5, 0.6) is 0 Å². The smallest absolute Gasteiger partial charge is 0.275 e. The standard InChI is InChI=1S/C20H28N4OS/c1-22(2)18-7-5-17(6-8-18)14-21-20(25)16-24-11-9-23(10-12-24)15-19-4-3-13-26-19/h3-8,13H,9-12,14-16H2,1-2H3,(H,21,25)/p+2. The third-order valence-corrected chi connectivity index (χ3v) is 5.90. The SMILES string of the molecule is CN(C)c1ccc(CNC(=O)C[NH+]2CC[NH+](Cc3cccs3)CC2)cc1. The average molecular weight is 375 g/mol. The van der Waals surface area contributed by atoms with Crippen LogP contribution in [-0.4, -0.2) is 52.7 Å². The van der Waals surface area contributed by atoms with Gasteiger partial charge in [-0.05, 0) is 29.1 Å². The van der Waals surface area contributed by atoms with E-state index in [9.17, 15) is 4.79 Å². The van der Waals surface area contributed by atoms with E-state index in [1.807, 2.05) is 25.4 Å². The molecule has 1 aliphatic heterocycles. The Morgan fingerprint density at radius 3 is 2.38 bits per heavy atom. The number of hydrogen-bond acceptors (Lipinski definition) is 3. The lowest BCUT2D eigenvalue weighted by atomic mass is 10.2. The van der Waals surface area contributed by atoms with Crippen molar-refractivity contribution in [1.29, 1.82) is 0 Å². The molecule has 0 aliphatic carbocycles. The second-order valence-electron chi connectivity index (χ2n) is 7.27. The van der Waals surface area contributed by atoms with Crippen LogP contribution in [0, 0.1) is 0 Å². The summed E-state index contributed by atoms with van der Waals surface area (Å²) in [5.74, 6) is 0.151. The van der Waals surface area contributed by atoms with Gasteiger partial charge >= 0.3 is 0 Å². The first-order chi connectivity index (χ1) is 12.6. The van der Waals surface area contributed by atoms with Gasteiger partial charge in [0.15, 0.2) is 6.54 Å². The zero-order valence-corrected chi connectivity index (χ0v) is 16.6. The highest BCUT2D eigenvalue weighted by Gasteiger charge is 2.24. The third-order valence-electron chi connectivity index (χ3n) is 5.02. The molecule has 140 valence electrons. The lowest BCUT2D eigenvalue weighted by Crippen LogP contribution is -3.28. The van der Waals surface area contributed by atoms with E-state index in [0.717, 1.165) is 38.3 Å². The number of nitrogens with zero attached hydrogens (tertiary/aromatic N) is 1. The molecule has 2 aromatic rings. The molecule has 1 aromatic carbocycles. The van der Waals surface area contributed by atoms with Gasteiger partial charge in [-0.15, -0.1) is 11.3 Å². The van der Waals surface area contributed by atoms with Gasteiger partial charge in [0.2, 0.25) is 0 Å². The van der Waals surface area contributed by atoms with Crippen LogP contribution < -0.4 is 20.0 Å². The molecular weight excluding hydrogens is 344 g/mol.